The smallest absolute Gasteiger partial charge is 0.341 e. The Morgan fingerprint density at radius 1 is 1.38 bits per heavy atom. The molecule has 0 saturated heterocycles. The van der Waals surface area contributed by atoms with Gasteiger partial charge in [-0.15, -0.1) is 0 Å². The van der Waals surface area contributed by atoms with Crippen LogP contribution in [0.4, 0.5) is 5.82 Å². The van der Waals surface area contributed by atoms with Gasteiger partial charge in [0.15, 0.2) is 5.82 Å². The van der Waals surface area contributed by atoms with Gasteiger partial charge in [0.25, 0.3) is 0 Å². The lowest BCUT2D eigenvalue weighted by atomic mass is 10.1. The number of H-pyrrole nitrogens is 1. The summed E-state index contributed by atoms with van der Waals surface area (Å²) in [5.74, 6) is -1.33. The number of nitrogen functional groups attached to an aromatic ring is 1. The van der Waals surface area contributed by atoms with Crippen LogP contribution in [0.15, 0.2) is 24.3 Å². The van der Waals surface area contributed by atoms with Crippen molar-refractivity contribution in [2.45, 2.75) is 0 Å². The molecule has 0 bridgehead atoms. The normalized spacial score (nSPS) is 10.2. The van der Waals surface area contributed by atoms with E-state index in [1.807, 2.05) is 0 Å². The second-order valence-electron chi connectivity index (χ2n) is 3.18. The Hall–Kier alpha value is -2.50. The van der Waals surface area contributed by atoms with Gasteiger partial charge in [0.1, 0.15) is 11.3 Å². The number of rotatable bonds is 2. The van der Waals surface area contributed by atoms with Crippen molar-refractivity contribution in [2.75, 3.05) is 5.73 Å². The number of aromatic nitrogens is 2. The number of nitrogens with zero attached hydrogens (tertiary/aromatic N) is 1. The van der Waals surface area contributed by atoms with Crippen molar-refractivity contribution in [1.82, 2.24) is 10.2 Å². The molecule has 0 saturated carbocycles. The number of aromatic carboxylic acids is 1. The Labute approximate surface area is 90.3 Å². The van der Waals surface area contributed by atoms with Crippen molar-refractivity contribution >= 4 is 11.8 Å². The van der Waals surface area contributed by atoms with E-state index in [0.29, 0.717) is 5.56 Å². The molecule has 0 spiro atoms. The predicted molar refractivity (Wildman–Crippen MR) is 57.1 cm³/mol. The van der Waals surface area contributed by atoms with Crippen LogP contribution >= 0.6 is 0 Å². The highest BCUT2D eigenvalue weighted by atomic mass is 16.4. The van der Waals surface area contributed by atoms with E-state index in [1.54, 1.807) is 18.2 Å². The third-order valence-electron chi connectivity index (χ3n) is 2.18. The van der Waals surface area contributed by atoms with Crippen LogP contribution in [-0.4, -0.2) is 26.4 Å². The summed E-state index contributed by atoms with van der Waals surface area (Å²) < 4.78 is 0. The Morgan fingerprint density at radius 2 is 2.06 bits per heavy atom. The molecule has 6 heteroatoms. The van der Waals surface area contributed by atoms with Crippen molar-refractivity contribution in [3.05, 3.63) is 29.8 Å². The Balaban J connectivity index is 2.66. The average molecular weight is 219 g/mol. The molecule has 5 N–H and O–H groups in total. The molecule has 16 heavy (non-hydrogen) atoms. The van der Waals surface area contributed by atoms with Crippen molar-refractivity contribution in [2.24, 2.45) is 0 Å². The average Bonchev–Trinajstić information content (AvgIpc) is 2.61. The van der Waals surface area contributed by atoms with Gasteiger partial charge < -0.3 is 15.9 Å². The largest absolute Gasteiger partial charge is 0.507 e. The van der Waals surface area contributed by atoms with E-state index in [2.05, 4.69) is 10.2 Å². The number of carboxylic acids is 1. The third-order valence-corrected chi connectivity index (χ3v) is 2.18. The van der Waals surface area contributed by atoms with E-state index in [9.17, 15) is 9.90 Å². The van der Waals surface area contributed by atoms with Gasteiger partial charge in [-0.1, -0.05) is 12.1 Å². The van der Waals surface area contributed by atoms with Crippen LogP contribution in [0, 0.1) is 0 Å². The monoisotopic (exact) mass is 219 g/mol. The summed E-state index contributed by atoms with van der Waals surface area (Å²) in [7, 11) is 0. The van der Waals surface area contributed by atoms with Gasteiger partial charge in [0.2, 0.25) is 0 Å². The van der Waals surface area contributed by atoms with Crippen molar-refractivity contribution in [3.63, 3.8) is 0 Å². The molecule has 0 fully saturated rings. The van der Waals surface area contributed by atoms with Gasteiger partial charge in [-0.05, 0) is 12.1 Å². The number of aromatic hydroxyl groups is 1. The van der Waals surface area contributed by atoms with Crippen molar-refractivity contribution in [1.29, 1.82) is 0 Å². The lowest BCUT2D eigenvalue weighted by Gasteiger charge is -2.02. The summed E-state index contributed by atoms with van der Waals surface area (Å²) in [6.07, 6.45) is 0. The van der Waals surface area contributed by atoms with E-state index in [4.69, 9.17) is 10.8 Å². The maximum absolute atomic E-state index is 11.0. The molecular weight excluding hydrogens is 210 g/mol. The van der Waals surface area contributed by atoms with Crippen LogP contribution in [0.2, 0.25) is 0 Å². The summed E-state index contributed by atoms with van der Waals surface area (Å²) >= 11 is 0. The fourth-order valence-electron chi connectivity index (χ4n) is 1.45. The summed E-state index contributed by atoms with van der Waals surface area (Å²) in [5.41, 5.74) is 5.84. The molecule has 1 heterocycles. The van der Waals surface area contributed by atoms with Gasteiger partial charge in [-0.3, -0.25) is 5.10 Å². The highest BCUT2D eigenvalue weighted by molar-refractivity contribution is 6.00. The van der Waals surface area contributed by atoms with Crippen LogP contribution in [-0.2, 0) is 0 Å². The zero-order valence-electron chi connectivity index (χ0n) is 8.14. The maximum Gasteiger partial charge on any atom is 0.341 e. The van der Waals surface area contributed by atoms with Crippen molar-refractivity contribution < 1.29 is 15.0 Å². The van der Waals surface area contributed by atoms with E-state index in [0.717, 1.165) is 0 Å². The molecule has 0 radical (unpaired) electrons. The topological polar surface area (TPSA) is 112 Å². The fraction of sp³-hybridized carbons (Fsp3) is 0. The second kappa shape index (κ2) is 3.58. The van der Waals surface area contributed by atoms with Gasteiger partial charge in [-0.2, -0.15) is 5.10 Å². The number of hydrogen-bond acceptors (Lipinski definition) is 4. The maximum atomic E-state index is 11.0. The molecule has 82 valence electrons. The molecule has 0 unspecified atom stereocenters. The molecule has 0 atom stereocenters. The standard InChI is InChI=1S/C10H9N3O3/c11-9-7(10(15)16)8(12-13-9)5-3-1-2-4-6(5)14/h1-4,14H,(H,15,16)(H3,11,12,13). The lowest BCUT2D eigenvalue weighted by molar-refractivity contribution is 0.0699. The number of nitrogens with two attached hydrogens (primary N) is 1. The van der Waals surface area contributed by atoms with Crippen LogP contribution in [0.1, 0.15) is 10.4 Å². The molecule has 0 aliphatic carbocycles. The van der Waals surface area contributed by atoms with Gasteiger partial charge in [0.05, 0.1) is 5.69 Å². The lowest BCUT2D eigenvalue weighted by Crippen LogP contribution is -2.01. The Kier molecular flexibility index (Phi) is 2.24. The molecule has 1 aromatic heterocycles. The number of benzene rings is 1. The van der Waals surface area contributed by atoms with Crippen LogP contribution < -0.4 is 5.73 Å². The number of phenols is 1. The minimum Gasteiger partial charge on any atom is -0.507 e. The molecule has 0 aliphatic heterocycles. The second-order valence-corrected chi connectivity index (χ2v) is 3.18. The summed E-state index contributed by atoms with van der Waals surface area (Å²) in [4.78, 5) is 11.0. The first-order valence-electron chi connectivity index (χ1n) is 4.46. The molecule has 0 aliphatic rings. The highest BCUT2D eigenvalue weighted by Gasteiger charge is 2.20. The summed E-state index contributed by atoms with van der Waals surface area (Å²) in [6.45, 7) is 0. The zero-order chi connectivity index (χ0) is 11.7. The number of hydrogen-bond donors (Lipinski definition) is 4. The van der Waals surface area contributed by atoms with Gasteiger partial charge in [0, 0.05) is 5.56 Å². The number of carbonyl (C=O) groups is 1. The van der Waals surface area contributed by atoms with E-state index < -0.39 is 5.97 Å². The van der Waals surface area contributed by atoms with Gasteiger partial charge >= 0.3 is 5.97 Å². The number of phenolic OH excluding ortho intramolecular Hbond substituents is 1. The minimum absolute atomic E-state index is 0.0337. The summed E-state index contributed by atoms with van der Waals surface area (Å²) in [5, 5.41) is 24.7. The summed E-state index contributed by atoms with van der Waals surface area (Å²) in [6, 6.07) is 6.35. The Bertz CT molecular complexity index is 548. The minimum atomic E-state index is -1.19. The van der Waals surface area contributed by atoms with Crippen molar-refractivity contribution in [3.8, 4) is 17.0 Å². The molecule has 6 nitrogen and oxygen atoms in total. The fourth-order valence-corrected chi connectivity index (χ4v) is 1.45. The van der Waals surface area contributed by atoms with Crippen LogP contribution in [0.5, 0.6) is 5.75 Å². The van der Waals surface area contributed by atoms with Crippen LogP contribution in [0.3, 0.4) is 0 Å². The quantitative estimate of drug-likeness (QED) is 0.603. The zero-order valence-corrected chi connectivity index (χ0v) is 8.14. The molecule has 0 amide bonds. The predicted octanol–water partition coefficient (Wildman–Crippen LogP) is 1.06. The third kappa shape index (κ3) is 1.46. The highest BCUT2D eigenvalue weighted by Crippen LogP contribution is 2.31. The first-order valence-corrected chi connectivity index (χ1v) is 4.46. The van der Waals surface area contributed by atoms with E-state index in [1.165, 1.54) is 6.07 Å². The number of aromatic amines is 1. The van der Waals surface area contributed by atoms with E-state index in [-0.39, 0.29) is 22.8 Å². The number of anilines is 1. The van der Waals surface area contributed by atoms with E-state index >= 15 is 0 Å². The SMILES string of the molecule is Nc1n[nH]c(-c2ccccc2O)c1C(=O)O. The molecule has 2 rings (SSSR count). The molecular formula is C10H9N3O3. The molecule has 2 aromatic rings. The number of nitrogens with one attached hydrogen (secondary N) is 1. The first-order chi connectivity index (χ1) is 7.61. The molecule has 1 aromatic carbocycles. The number of carboxylic acid groups (broad SMARTS) is 1. The number of para-hydroxylation sites is 1. The van der Waals surface area contributed by atoms with Crippen LogP contribution in [0.25, 0.3) is 11.3 Å². The first kappa shape index (κ1) is 10.0. The Morgan fingerprint density at radius 3 is 2.69 bits per heavy atom. The van der Waals surface area contributed by atoms with Gasteiger partial charge in [-0.25, -0.2) is 4.79 Å².